The van der Waals surface area contributed by atoms with Crippen molar-refractivity contribution in [3.8, 4) is 27.6 Å². The maximum absolute atomic E-state index is 10.5. The number of furan rings is 1. The van der Waals surface area contributed by atoms with Gasteiger partial charge in [0, 0.05) is 29.6 Å². The van der Waals surface area contributed by atoms with Crippen molar-refractivity contribution >= 4 is 17.2 Å². The normalized spacial score (nSPS) is 12.3. The highest BCUT2D eigenvalue weighted by atomic mass is 32.1. The van der Waals surface area contributed by atoms with Crippen molar-refractivity contribution in [3.05, 3.63) is 66.1 Å². The van der Waals surface area contributed by atoms with Gasteiger partial charge in [0.05, 0.1) is 17.5 Å². The molecule has 5 nitrogen and oxygen atoms in total. The van der Waals surface area contributed by atoms with Crippen LogP contribution in [0, 0.1) is 0 Å². The summed E-state index contributed by atoms with van der Waals surface area (Å²) >= 11 is 1.47. The molecule has 6 heteroatoms. The Bertz CT molecular complexity index is 1000. The molecule has 0 spiro atoms. The number of anilines is 1. The van der Waals surface area contributed by atoms with E-state index in [1.54, 1.807) is 12.5 Å². The third-order valence-electron chi connectivity index (χ3n) is 4.39. The van der Waals surface area contributed by atoms with E-state index >= 15 is 0 Å². The molecule has 4 aromatic rings. The smallest absolute Gasteiger partial charge is 0.145 e. The highest BCUT2D eigenvalue weighted by molar-refractivity contribution is 7.13. The van der Waals surface area contributed by atoms with E-state index in [-0.39, 0.29) is 11.8 Å². The Morgan fingerprint density at radius 3 is 2.77 bits per heavy atom. The number of rotatable bonds is 5. The second kappa shape index (κ2) is 6.72. The molecule has 26 heavy (non-hydrogen) atoms. The Balaban J connectivity index is 1.66. The zero-order chi connectivity index (χ0) is 18.1. The van der Waals surface area contributed by atoms with Crippen LogP contribution >= 0.6 is 11.3 Å². The van der Waals surface area contributed by atoms with Crippen LogP contribution in [0.4, 0.5) is 5.82 Å². The van der Waals surface area contributed by atoms with Crippen molar-refractivity contribution in [2.75, 3.05) is 5.73 Å². The largest absolute Gasteiger partial charge is 0.506 e. The SMILES string of the molecule is CC(Cc1ccco1)n1cc(O)c(-c2nc(-c3ccccc3)cs2)c1N. The molecule has 0 saturated carbocycles. The Labute approximate surface area is 155 Å². The van der Waals surface area contributed by atoms with E-state index in [0.29, 0.717) is 22.8 Å². The summed E-state index contributed by atoms with van der Waals surface area (Å²) in [4.78, 5) is 4.67. The van der Waals surface area contributed by atoms with Gasteiger partial charge in [-0.2, -0.15) is 0 Å². The lowest BCUT2D eigenvalue weighted by atomic mass is 10.2. The summed E-state index contributed by atoms with van der Waals surface area (Å²) in [5.41, 5.74) is 8.86. The molecule has 1 aromatic carbocycles. The average Bonchev–Trinajstić information content (AvgIpc) is 3.37. The lowest BCUT2D eigenvalue weighted by Gasteiger charge is -2.14. The summed E-state index contributed by atoms with van der Waals surface area (Å²) < 4.78 is 7.28. The molecule has 3 heterocycles. The van der Waals surface area contributed by atoms with Crippen LogP contribution in [0.3, 0.4) is 0 Å². The summed E-state index contributed by atoms with van der Waals surface area (Å²) in [6, 6.07) is 13.8. The van der Waals surface area contributed by atoms with Gasteiger partial charge < -0.3 is 19.8 Å². The lowest BCUT2D eigenvalue weighted by molar-refractivity contribution is 0.443. The molecule has 0 saturated heterocycles. The Kier molecular flexibility index (Phi) is 4.26. The third-order valence-corrected chi connectivity index (χ3v) is 5.25. The van der Waals surface area contributed by atoms with Crippen molar-refractivity contribution < 1.29 is 9.52 Å². The summed E-state index contributed by atoms with van der Waals surface area (Å²) in [5.74, 6) is 1.53. The van der Waals surface area contributed by atoms with Gasteiger partial charge in [-0.1, -0.05) is 30.3 Å². The Hall–Kier alpha value is -2.99. The van der Waals surface area contributed by atoms with Gasteiger partial charge in [0.1, 0.15) is 22.3 Å². The molecular formula is C20H19N3O2S. The van der Waals surface area contributed by atoms with Gasteiger partial charge in [0.15, 0.2) is 0 Å². The molecule has 0 fully saturated rings. The predicted molar refractivity (Wildman–Crippen MR) is 104 cm³/mol. The maximum atomic E-state index is 10.5. The zero-order valence-corrected chi connectivity index (χ0v) is 15.1. The fraction of sp³-hybridized carbons (Fsp3) is 0.150. The molecule has 132 valence electrons. The topological polar surface area (TPSA) is 77.2 Å². The second-order valence-corrected chi connectivity index (χ2v) is 7.08. The van der Waals surface area contributed by atoms with E-state index in [1.807, 2.05) is 59.3 Å². The minimum Gasteiger partial charge on any atom is -0.506 e. The highest BCUT2D eigenvalue weighted by Gasteiger charge is 2.21. The van der Waals surface area contributed by atoms with Crippen LogP contribution in [0.15, 0.2) is 64.7 Å². The van der Waals surface area contributed by atoms with Crippen LogP contribution in [0.5, 0.6) is 5.75 Å². The number of nitrogens with zero attached hydrogens (tertiary/aromatic N) is 2. The van der Waals surface area contributed by atoms with Gasteiger partial charge in [-0.25, -0.2) is 4.98 Å². The van der Waals surface area contributed by atoms with Crippen molar-refractivity contribution in [2.45, 2.75) is 19.4 Å². The molecule has 0 radical (unpaired) electrons. The standard InChI is InChI=1S/C20H19N3O2S/c1-13(10-15-8-5-9-25-15)23-11-17(24)18(19(23)21)20-22-16(12-26-20)14-6-3-2-4-7-14/h2-9,11-13,24H,10,21H2,1H3. The molecule has 0 aliphatic carbocycles. The van der Waals surface area contributed by atoms with Gasteiger partial charge in [-0.15, -0.1) is 11.3 Å². The van der Waals surface area contributed by atoms with Crippen molar-refractivity contribution in [3.63, 3.8) is 0 Å². The zero-order valence-electron chi connectivity index (χ0n) is 14.3. The summed E-state index contributed by atoms with van der Waals surface area (Å²) in [6.45, 7) is 2.04. The molecule has 0 aliphatic rings. The quantitative estimate of drug-likeness (QED) is 0.524. The number of aromatic hydroxyl groups is 1. The van der Waals surface area contributed by atoms with E-state index in [9.17, 15) is 5.11 Å². The number of hydrogen-bond donors (Lipinski definition) is 2. The first-order valence-corrected chi connectivity index (χ1v) is 9.24. The van der Waals surface area contributed by atoms with Crippen LogP contribution in [-0.2, 0) is 6.42 Å². The molecule has 3 aromatic heterocycles. The van der Waals surface area contributed by atoms with Gasteiger partial charge in [-0.05, 0) is 19.1 Å². The van der Waals surface area contributed by atoms with Crippen LogP contribution < -0.4 is 5.73 Å². The van der Waals surface area contributed by atoms with Gasteiger partial charge in [0.2, 0.25) is 0 Å². The predicted octanol–water partition coefficient (Wildman–Crippen LogP) is 4.96. The molecule has 0 bridgehead atoms. The summed E-state index contributed by atoms with van der Waals surface area (Å²) in [5, 5.41) is 13.2. The first kappa shape index (κ1) is 16.5. The minimum absolute atomic E-state index is 0.0503. The van der Waals surface area contributed by atoms with Crippen molar-refractivity contribution in [1.82, 2.24) is 9.55 Å². The molecule has 1 unspecified atom stereocenters. The fourth-order valence-corrected chi connectivity index (χ4v) is 3.95. The van der Waals surface area contributed by atoms with Crippen LogP contribution in [0.25, 0.3) is 21.8 Å². The molecule has 0 aliphatic heterocycles. The Morgan fingerprint density at radius 2 is 2.04 bits per heavy atom. The van der Waals surface area contributed by atoms with Crippen molar-refractivity contribution in [2.24, 2.45) is 0 Å². The van der Waals surface area contributed by atoms with Gasteiger partial charge >= 0.3 is 0 Å². The summed E-state index contributed by atoms with van der Waals surface area (Å²) in [7, 11) is 0. The maximum Gasteiger partial charge on any atom is 0.145 e. The number of thiazole rings is 1. The van der Waals surface area contributed by atoms with E-state index < -0.39 is 0 Å². The molecular weight excluding hydrogens is 346 g/mol. The molecule has 0 amide bonds. The fourth-order valence-electron chi connectivity index (χ4n) is 3.06. The molecule has 4 rings (SSSR count). The second-order valence-electron chi connectivity index (χ2n) is 6.22. The molecule has 3 N–H and O–H groups in total. The average molecular weight is 365 g/mol. The van der Waals surface area contributed by atoms with Gasteiger partial charge in [-0.3, -0.25) is 0 Å². The van der Waals surface area contributed by atoms with Gasteiger partial charge in [0.25, 0.3) is 0 Å². The first-order valence-electron chi connectivity index (χ1n) is 8.36. The van der Waals surface area contributed by atoms with E-state index in [0.717, 1.165) is 17.0 Å². The van der Waals surface area contributed by atoms with E-state index in [1.165, 1.54) is 11.3 Å². The number of hydrogen-bond acceptors (Lipinski definition) is 5. The minimum atomic E-state index is 0.0503. The summed E-state index contributed by atoms with van der Waals surface area (Å²) in [6.07, 6.45) is 4.02. The number of nitrogens with two attached hydrogens (primary N) is 1. The number of aromatic nitrogens is 2. The number of nitrogen functional groups attached to an aromatic ring is 1. The van der Waals surface area contributed by atoms with Crippen LogP contribution in [0.1, 0.15) is 18.7 Å². The van der Waals surface area contributed by atoms with Crippen LogP contribution in [-0.4, -0.2) is 14.7 Å². The third kappa shape index (κ3) is 2.99. The monoisotopic (exact) mass is 365 g/mol. The molecule has 1 atom stereocenters. The highest BCUT2D eigenvalue weighted by Crippen LogP contribution is 2.41. The van der Waals surface area contributed by atoms with E-state index in [2.05, 4.69) is 4.98 Å². The first-order chi connectivity index (χ1) is 12.6. The lowest BCUT2D eigenvalue weighted by Crippen LogP contribution is -2.10. The Morgan fingerprint density at radius 1 is 1.23 bits per heavy atom. The van der Waals surface area contributed by atoms with Crippen LogP contribution in [0.2, 0.25) is 0 Å². The number of benzene rings is 1. The van der Waals surface area contributed by atoms with Crippen molar-refractivity contribution in [1.29, 1.82) is 0 Å². The van der Waals surface area contributed by atoms with E-state index in [4.69, 9.17) is 10.2 Å².